The highest BCUT2D eigenvalue weighted by molar-refractivity contribution is 6.04. The number of methoxy groups -OCH3 is 1. The maximum absolute atomic E-state index is 12.1. The molecule has 3 rings (SSSR count). The molecular formula is C19H20N2O5. The van der Waals surface area contributed by atoms with Gasteiger partial charge < -0.3 is 24.8 Å². The van der Waals surface area contributed by atoms with Gasteiger partial charge in [0.1, 0.15) is 12.2 Å². The molecule has 0 saturated heterocycles. The van der Waals surface area contributed by atoms with Crippen molar-refractivity contribution in [3.05, 3.63) is 47.5 Å². The number of carbonyl (C=O) groups is 2. The van der Waals surface area contributed by atoms with Crippen LogP contribution in [0.3, 0.4) is 0 Å². The molecule has 0 aliphatic carbocycles. The number of hydrogen-bond donors (Lipinski definition) is 2. The SMILES string of the molecule is COc1ccc(C)cc1NC(=O)CC(=O)NCc1ccc2c(c1)OCO2. The largest absolute Gasteiger partial charge is 0.495 e. The van der Waals surface area contributed by atoms with Crippen molar-refractivity contribution in [2.75, 3.05) is 19.2 Å². The van der Waals surface area contributed by atoms with Gasteiger partial charge in [0, 0.05) is 6.54 Å². The van der Waals surface area contributed by atoms with Crippen LogP contribution in [0.15, 0.2) is 36.4 Å². The van der Waals surface area contributed by atoms with Gasteiger partial charge in [0.2, 0.25) is 18.6 Å². The average Bonchev–Trinajstić information content (AvgIpc) is 3.08. The van der Waals surface area contributed by atoms with Crippen LogP contribution < -0.4 is 24.8 Å². The van der Waals surface area contributed by atoms with Gasteiger partial charge in [-0.3, -0.25) is 9.59 Å². The Balaban J connectivity index is 1.52. The Morgan fingerprint density at radius 1 is 1.08 bits per heavy atom. The highest BCUT2D eigenvalue weighted by atomic mass is 16.7. The number of benzene rings is 2. The highest BCUT2D eigenvalue weighted by Gasteiger charge is 2.15. The Kier molecular flexibility index (Phi) is 5.26. The van der Waals surface area contributed by atoms with Crippen LogP contribution in [0.25, 0.3) is 0 Å². The van der Waals surface area contributed by atoms with Crippen LogP contribution in [0.5, 0.6) is 17.2 Å². The van der Waals surface area contributed by atoms with E-state index in [4.69, 9.17) is 14.2 Å². The first-order valence-corrected chi connectivity index (χ1v) is 8.15. The van der Waals surface area contributed by atoms with Gasteiger partial charge in [0.05, 0.1) is 12.8 Å². The number of carbonyl (C=O) groups excluding carboxylic acids is 2. The molecule has 1 heterocycles. The van der Waals surface area contributed by atoms with E-state index in [1.807, 2.05) is 19.1 Å². The molecule has 0 atom stereocenters. The first-order chi connectivity index (χ1) is 12.5. The van der Waals surface area contributed by atoms with Crippen LogP contribution in [-0.2, 0) is 16.1 Å². The van der Waals surface area contributed by atoms with Gasteiger partial charge in [0.25, 0.3) is 0 Å². The van der Waals surface area contributed by atoms with Crippen LogP contribution in [0.4, 0.5) is 5.69 Å². The summed E-state index contributed by atoms with van der Waals surface area (Å²) in [5.74, 6) is 1.11. The highest BCUT2D eigenvalue weighted by Crippen LogP contribution is 2.32. The molecule has 2 aromatic rings. The lowest BCUT2D eigenvalue weighted by Gasteiger charge is -2.11. The molecule has 1 aliphatic heterocycles. The van der Waals surface area contributed by atoms with Crippen LogP contribution >= 0.6 is 0 Å². The lowest BCUT2D eigenvalue weighted by molar-refractivity contribution is -0.126. The van der Waals surface area contributed by atoms with E-state index in [0.29, 0.717) is 29.5 Å². The number of anilines is 1. The number of amides is 2. The summed E-state index contributed by atoms with van der Waals surface area (Å²) in [5, 5.41) is 5.42. The van der Waals surface area contributed by atoms with E-state index in [1.54, 1.807) is 24.3 Å². The number of hydrogen-bond acceptors (Lipinski definition) is 5. The molecule has 0 spiro atoms. The maximum atomic E-state index is 12.1. The van der Waals surface area contributed by atoms with Crippen molar-refractivity contribution >= 4 is 17.5 Å². The van der Waals surface area contributed by atoms with Gasteiger partial charge in [-0.15, -0.1) is 0 Å². The number of rotatable bonds is 6. The molecule has 2 amide bonds. The third-order valence-electron chi connectivity index (χ3n) is 3.88. The molecule has 26 heavy (non-hydrogen) atoms. The van der Waals surface area contributed by atoms with E-state index in [9.17, 15) is 9.59 Å². The van der Waals surface area contributed by atoms with Gasteiger partial charge in [-0.1, -0.05) is 12.1 Å². The van der Waals surface area contributed by atoms with Crippen LogP contribution in [0.1, 0.15) is 17.5 Å². The van der Waals surface area contributed by atoms with Gasteiger partial charge in [0.15, 0.2) is 11.5 Å². The normalized spacial score (nSPS) is 11.8. The Labute approximate surface area is 151 Å². The fourth-order valence-electron chi connectivity index (χ4n) is 2.57. The third kappa shape index (κ3) is 4.24. The summed E-state index contributed by atoms with van der Waals surface area (Å²) >= 11 is 0. The monoisotopic (exact) mass is 356 g/mol. The molecule has 7 nitrogen and oxygen atoms in total. The second-order valence-electron chi connectivity index (χ2n) is 5.89. The summed E-state index contributed by atoms with van der Waals surface area (Å²) in [4.78, 5) is 24.1. The number of fused-ring (bicyclic) bond motifs is 1. The number of ether oxygens (including phenoxy) is 3. The second kappa shape index (κ2) is 7.77. The van der Waals surface area contributed by atoms with Gasteiger partial charge in [-0.05, 0) is 42.3 Å². The summed E-state index contributed by atoms with van der Waals surface area (Å²) < 4.78 is 15.8. The van der Waals surface area contributed by atoms with Crippen molar-refractivity contribution in [2.45, 2.75) is 19.9 Å². The summed E-state index contributed by atoms with van der Waals surface area (Å²) in [6.45, 7) is 2.41. The smallest absolute Gasteiger partial charge is 0.233 e. The van der Waals surface area contributed by atoms with Gasteiger partial charge >= 0.3 is 0 Å². The molecule has 7 heteroatoms. The minimum Gasteiger partial charge on any atom is -0.495 e. The first kappa shape index (κ1) is 17.6. The first-order valence-electron chi connectivity index (χ1n) is 8.15. The standard InChI is InChI=1S/C19H20N2O5/c1-12-3-5-15(24-2)14(7-12)21-19(23)9-18(22)20-10-13-4-6-16-17(8-13)26-11-25-16/h3-8H,9-11H2,1-2H3,(H,20,22)(H,21,23). The molecule has 2 aromatic carbocycles. The van der Waals surface area contributed by atoms with Crippen molar-refractivity contribution in [1.29, 1.82) is 0 Å². The average molecular weight is 356 g/mol. The zero-order valence-electron chi connectivity index (χ0n) is 14.6. The van der Waals surface area contributed by atoms with Crippen LogP contribution in [0.2, 0.25) is 0 Å². The predicted octanol–water partition coefficient (Wildman–Crippen LogP) is 2.38. The quantitative estimate of drug-likeness (QED) is 0.776. The fourth-order valence-corrected chi connectivity index (χ4v) is 2.57. The van der Waals surface area contributed by atoms with E-state index >= 15 is 0 Å². The summed E-state index contributed by atoms with van der Waals surface area (Å²) in [5.41, 5.74) is 2.39. The van der Waals surface area contributed by atoms with E-state index in [0.717, 1.165) is 11.1 Å². The van der Waals surface area contributed by atoms with Crippen molar-refractivity contribution in [1.82, 2.24) is 5.32 Å². The van der Waals surface area contributed by atoms with E-state index < -0.39 is 5.91 Å². The van der Waals surface area contributed by atoms with Crippen molar-refractivity contribution in [3.8, 4) is 17.2 Å². The van der Waals surface area contributed by atoms with E-state index in [1.165, 1.54) is 7.11 Å². The molecule has 0 bridgehead atoms. The lowest BCUT2D eigenvalue weighted by Crippen LogP contribution is -2.27. The molecule has 0 unspecified atom stereocenters. The molecule has 0 fully saturated rings. The molecule has 1 aliphatic rings. The summed E-state index contributed by atoms with van der Waals surface area (Å²) in [6, 6.07) is 10.9. The fraction of sp³-hybridized carbons (Fsp3) is 0.263. The number of aryl methyl sites for hydroxylation is 1. The minimum absolute atomic E-state index is 0.202. The maximum Gasteiger partial charge on any atom is 0.233 e. The molecular weight excluding hydrogens is 336 g/mol. The predicted molar refractivity (Wildman–Crippen MR) is 95.4 cm³/mol. The summed E-state index contributed by atoms with van der Waals surface area (Å²) in [7, 11) is 1.53. The Morgan fingerprint density at radius 2 is 1.88 bits per heavy atom. The van der Waals surface area contributed by atoms with Crippen molar-refractivity contribution in [3.63, 3.8) is 0 Å². The van der Waals surface area contributed by atoms with Gasteiger partial charge in [-0.2, -0.15) is 0 Å². The molecule has 2 N–H and O–H groups in total. The van der Waals surface area contributed by atoms with Crippen LogP contribution in [0, 0.1) is 6.92 Å². The Hall–Kier alpha value is -3.22. The van der Waals surface area contributed by atoms with Crippen molar-refractivity contribution < 1.29 is 23.8 Å². The summed E-state index contributed by atoms with van der Waals surface area (Å²) in [6.07, 6.45) is -0.276. The zero-order valence-corrected chi connectivity index (χ0v) is 14.6. The zero-order chi connectivity index (χ0) is 18.5. The Morgan fingerprint density at radius 3 is 2.69 bits per heavy atom. The van der Waals surface area contributed by atoms with Crippen LogP contribution in [-0.4, -0.2) is 25.7 Å². The van der Waals surface area contributed by atoms with E-state index in [-0.39, 0.29) is 19.1 Å². The molecule has 0 saturated carbocycles. The van der Waals surface area contributed by atoms with E-state index in [2.05, 4.69) is 10.6 Å². The number of nitrogens with one attached hydrogen (secondary N) is 2. The molecule has 0 radical (unpaired) electrons. The third-order valence-corrected chi connectivity index (χ3v) is 3.88. The van der Waals surface area contributed by atoms with Gasteiger partial charge in [-0.25, -0.2) is 0 Å². The minimum atomic E-state index is -0.405. The molecule has 136 valence electrons. The lowest BCUT2D eigenvalue weighted by atomic mass is 10.2. The topological polar surface area (TPSA) is 85.9 Å². The second-order valence-corrected chi connectivity index (χ2v) is 5.89. The Bertz CT molecular complexity index is 835. The van der Waals surface area contributed by atoms with Crippen molar-refractivity contribution in [2.24, 2.45) is 0 Å². The molecule has 0 aromatic heterocycles.